The number of aliphatic carboxylic acids is 1. The molecule has 7 heteroatoms. The molecule has 1 saturated carbocycles. The van der Waals surface area contributed by atoms with Gasteiger partial charge in [0.05, 0.1) is 0 Å². The van der Waals surface area contributed by atoms with Crippen molar-refractivity contribution in [3.05, 3.63) is 59.7 Å². The zero-order valence-corrected chi connectivity index (χ0v) is 20.0. The fourth-order valence-corrected chi connectivity index (χ4v) is 5.04. The molecule has 0 saturated heterocycles. The van der Waals surface area contributed by atoms with Crippen molar-refractivity contribution in [2.75, 3.05) is 13.2 Å². The predicted molar refractivity (Wildman–Crippen MR) is 133 cm³/mol. The minimum atomic E-state index is -0.746. The Hall–Kier alpha value is -3.35. The Morgan fingerprint density at radius 1 is 0.857 bits per heavy atom. The maximum atomic E-state index is 12.4. The summed E-state index contributed by atoms with van der Waals surface area (Å²) in [6, 6.07) is 16.5. The molecule has 2 aliphatic carbocycles. The molecule has 0 unspecified atom stereocenters. The highest BCUT2D eigenvalue weighted by Crippen LogP contribution is 2.44. The summed E-state index contributed by atoms with van der Waals surface area (Å²) in [5.74, 6) is -0.736. The minimum absolute atomic E-state index is 0.0318. The molecule has 0 spiro atoms. The lowest BCUT2D eigenvalue weighted by Gasteiger charge is -2.34. The molecule has 2 amide bonds. The summed E-state index contributed by atoms with van der Waals surface area (Å²) < 4.78 is 5.59. The number of unbranched alkanes of at least 4 members (excludes halogenated alkanes) is 4. The summed E-state index contributed by atoms with van der Waals surface area (Å²) >= 11 is 0. The topological polar surface area (TPSA) is 105 Å². The summed E-state index contributed by atoms with van der Waals surface area (Å²) in [5.41, 5.74) is 4.76. The molecular weight excluding hydrogens is 444 g/mol. The van der Waals surface area contributed by atoms with Gasteiger partial charge in [-0.2, -0.15) is 0 Å². The van der Waals surface area contributed by atoms with Gasteiger partial charge in [-0.3, -0.25) is 9.59 Å². The van der Waals surface area contributed by atoms with Crippen LogP contribution in [0.1, 0.15) is 68.4 Å². The average Bonchev–Trinajstić information content (AvgIpc) is 3.15. The largest absolute Gasteiger partial charge is 0.481 e. The van der Waals surface area contributed by atoms with Crippen molar-refractivity contribution in [3.8, 4) is 11.1 Å². The number of ether oxygens (including phenoxy) is 1. The second-order valence-electron chi connectivity index (χ2n) is 9.54. The van der Waals surface area contributed by atoms with E-state index in [-0.39, 0.29) is 36.8 Å². The molecule has 0 radical (unpaired) electrons. The Morgan fingerprint density at radius 2 is 1.46 bits per heavy atom. The SMILES string of the molecule is O=C(O)CCCCCCCNC(=O)C1CC(NC(=O)OCC2c3ccccc3-c3ccccc32)C1. The van der Waals surface area contributed by atoms with E-state index >= 15 is 0 Å². The van der Waals surface area contributed by atoms with E-state index in [2.05, 4.69) is 34.9 Å². The third-order valence-corrected chi connectivity index (χ3v) is 7.04. The van der Waals surface area contributed by atoms with Gasteiger partial charge >= 0.3 is 12.1 Å². The Kier molecular flexibility index (Phi) is 8.40. The van der Waals surface area contributed by atoms with Crippen molar-refractivity contribution in [1.82, 2.24) is 10.6 Å². The van der Waals surface area contributed by atoms with E-state index in [1.165, 1.54) is 22.3 Å². The number of rotatable bonds is 12. The Bertz CT molecular complexity index is 1000. The van der Waals surface area contributed by atoms with Gasteiger partial charge in [0.1, 0.15) is 6.61 Å². The lowest BCUT2D eigenvalue weighted by molar-refractivity contribution is -0.137. The minimum Gasteiger partial charge on any atom is -0.481 e. The highest BCUT2D eigenvalue weighted by molar-refractivity contribution is 5.80. The monoisotopic (exact) mass is 478 g/mol. The quantitative estimate of drug-likeness (QED) is 0.379. The molecule has 4 rings (SSSR count). The van der Waals surface area contributed by atoms with Crippen LogP contribution in [0.25, 0.3) is 11.1 Å². The van der Waals surface area contributed by atoms with Crippen LogP contribution in [0.3, 0.4) is 0 Å². The first kappa shape index (κ1) is 24.8. The summed E-state index contributed by atoms with van der Waals surface area (Å²) in [7, 11) is 0. The van der Waals surface area contributed by atoms with Crippen molar-refractivity contribution in [1.29, 1.82) is 0 Å². The molecule has 0 bridgehead atoms. The number of carboxylic acid groups (broad SMARTS) is 1. The Labute approximate surface area is 206 Å². The van der Waals surface area contributed by atoms with Crippen LogP contribution in [-0.2, 0) is 14.3 Å². The lowest BCUT2D eigenvalue weighted by atomic mass is 9.79. The Balaban J connectivity index is 1.11. The molecule has 0 heterocycles. The molecule has 35 heavy (non-hydrogen) atoms. The van der Waals surface area contributed by atoms with Crippen LogP contribution in [0.2, 0.25) is 0 Å². The van der Waals surface area contributed by atoms with Gasteiger partial charge in [0, 0.05) is 30.8 Å². The van der Waals surface area contributed by atoms with Crippen LogP contribution in [0.15, 0.2) is 48.5 Å². The molecule has 0 aromatic heterocycles. The number of alkyl carbamates (subject to hydrolysis) is 1. The van der Waals surface area contributed by atoms with Crippen LogP contribution < -0.4 is 10.6 Å². The zero-order valence-electron chi connectivity index (χ0n) is 20.0. The predicted octanol–water partition coefficient (Wildman–Crippen LogP) is 4.85. The third-order valence-electron chi connectivity index (χ3n) is 7.04. The molecule has 0 aliphatic heterocycles. The first-order valence-electron chi connectivity index (χ1n) is 12.6. The number of carbonyl (C=O) groups excluding carboxylic acids is 2. The van der Waals surface area contributed by atoms with Crippen LogP contribution in [0.5, 0.6) is 0 Å². The van der Waals surface area contributed by atoms with E-state index in [4.69, 9.17) is 9.84 Å². The molecule has 2 aromatic rings. The average molecular weight is 479 g/mol. The number of fused-ring (bicyclic) bond motifs is 3. The summed E-state index contributed by atoms with van der Waals surface area (Å²) in [6.07, 6.45) is 5.54. The second kappa shape index (κ2) is 11.9. The molecule has 2 aliphatic rings. The highest BCUT2D eigenvalue weighted by Gasteiger charge is 2.36. The molecule has 2 aromatic carbocycles. The van der Waals surface area contributed by atoms with E-state index < -0.39 is 12.1 Å². The number of carboxylic acids is 1. The second-order valence-corrected chi connectivity index (χ2v) is 9.54. The number of benzene rings is 2. The van der Waals surface area contributed by atoms with Gasteiger partial charge in [-0.25, -0.2) is 4.79 Å². The van der Waals surface area contributed by atoms with Gasteiger partial charge in [0.15, 0.2) is 0 Å². The van der Waals surface area contributed by atoms with Crippen LogP contribution in [-0.4, -0.2) is 42.3 Å². The first-order valence-corrected chi connectivity index (χ1v) is 12.6. The normalized spacial score (nSPS) is 18.2. The maximum absolute atomic E-state index is 12.4. The molecule has 3 N–H and O–H groups in total. The summed E-state index contributed by atoms with van der Waals surface area (Å²) in [5, 5.41) is 14.5. The van der Waals surface area contributed by atoms with Gasteiger partial charge in [0.2, 0.25) is 5.91 Å². The molecule has 7 nitrogen and oxygen atoms in total. The van der Waals surface area contributed by atoms with Crippen molar-refractivity contribution in [3.63, 3.8) is 0 Å². The van der Waals surface area contributed by atoms with Crippen molar-refractivity contribution in [2.45, 2.75) is 63.3 Å². The van der Waals surface area contributed by atoms with Gasteiger partial charge in [-0.05, 0) is 47.9 Å². The van der Waals surface area contributed by atoms with Crippen molar-refractivity contribution < 1.29 is 24.2 Å². The first-order chi connectivity index (χ1) is 17.0. The van der Waals surface area contributed by atoms with E-state index in [9.17, 15) is 14.4 Å². The number of hydrogen-bond acceptors (Lipinski definition) is 4. The Morgan fingerprint density at radius 3 is 2.11 bits per heavy atom. The maximum Gasteiger partial charge on any atom is 0.407 e. The fraction of sp³-hybridized carbons (Fsp3) is 0.464. The van der Waals surface area contributed by atoms with E-state index in [1.54, 1.807) is 0 Å². The number of nitrogens with one attached hydrogen (secondary N) is 2. The zero-order chi connectivity index (χ0) is 24.6. The molecule has 0 atom stereocenters. The summed E-state index contributed by atoms with van der Waals surface area (Å²) in [6.45, 7) is 0.922. The number of amides is 2. The number of hydrogen-bond donors (Lipinski definition) is 3. The molecular formula is C28H34N2O5. The van der Waals surface area contributed by atoms with Gasteiger partial charge < -0.3 is 20.5 Å². The van der Waals surface area contributed by atoms with Crippen LogP contribution in [0, 0.1) is 5.92 Å². The molecule has 1 fully saturated rings. The summed E-state index contributed by atoms with van der Waals surface area (Å²) in [4.78, 5) is 35.2. The highest BCUT2D eigenvalue weighted by atomic mass is 16.5. The van der Waals surface area contributed by atoms with E-state index in [0.717, 1.165) is 25.7 Å². The van der Waals surface area contributed by atoms with Crippen LogP contribution >= 0.6 is 0 Å². The van der Waals surface area contributed by atoms with E-state index in [1.807, 2.05) is 24.3 Å². The van der Waals surface area contributed by atoms with Gasteiger partial charge in [-0.1, -0.05) is 67.8 Å². The van der Waals surface area contributed by atoms with Gasteiger partial charge in [-0.15, -0.1) is 0 Å². The standard InChI is InChI=1S/C28H34N2O5/c31-26(32)14-4-2-1-3-9-15-29-27(33)19-16-20(17-19)30-28(34)35-18-25-23-12-7-5-10-21(23)22-11-6-8-13-24(22)25/h5-8,10-13,19-20,25H,1-4,9,14-18H2,(H,29,33)(H,30,34)(H,31,32). The van der Waals surface area contributed by atoms with Crippen molar-refractivity contribution in [2.24, 2.45) is 5.92 Å². The number of carbonyl (C=O) groups is 3. The third kappa shape index (κ3) is 6.41. The smallest absolute Gasteiger partial charge is 0.407 e. The van der Waals surface area contributed by atoms with Gasteiger partial charge in [0.25, 0.3) is 0 Å². The van der Waals surface area contributed by atoms with E-state index in [0.29, 0.717) is 25.8 Å². The van der Waals surface area contributed by atoms with Crippen molar-refractivity contribution >= 4 is 18.0 Å². The molecule has 186 valence electrons. The lowest BCUT2D eigenvalue weighted by Crippen LogP contribution is -2.49. The fourth-order valence-electron chi connectivity index (χ4n) is 5.04. The van der Waals surface area contributed by atoms with Crippen LogP contribution in [0.4, 0.5) is 4.79 Å².